The van der Waals surface area contributed by atoms with Gasteiger partial charge in [-0.2, -0.15) is 0 Å². The fourth-order valence-electron chi connectivity index (χ4n) is 4.29. The van der Waals surface area contributed by atoms with Gasteiger partial charge in [-0.3, -0.25) is 0 Å². The lowest BCUT2D eigenvalue weighted by Crippen LogP contribution is -2.46. The number of carbonyl (C=O) groups excluding carboxylic acids is 1. The summed E-state index contributed by atoms with van der Waals surface area (Å²) in [5.74, 6) is -1.33. The molecule has 9 heteroatoms. The Labute approximate surface area is 190 Å². The fraction of sp³-hybridized carbons (Fsp3) is 0.417. The number of nitrogens with one attached hydrogen (secondary N) is 1. The predicted octanol–water partition coefficient (Wildman–Crippen LogP) is 4.17. The van der Waals surface area contributed by atoms with Crippen molar-refractivity contribution in [1.29, 1.82) is 0 Å². The molecule has 1 N–H and O–H groups in total. The summed E-state index contributed by atoms with van der Waals surface area (Å²) < 4.78 is 43.0. The van der Waals surface area contributed by atoms with Crippen LogP contribution in [0.3, 0.4) is 0 Å². The average molecular weight is 456 g/mol. The third-order valence-corrected chi connectivity index (χ3v) is 6.10. The van der Waals surface area contributed by atoms with Gasteiger partial charge in [0.2, 0.25) is 0 Å². The third-order valence-electron chi connectivity index (χ3n) is 6.10. The molecule has 1 aromatic carbocycles. The number of aryl methyl sites for hydroxylation is 1. The largest absolute Gasteiger partial charge is 0.453 e. The lowest BCUT2D eigenvalue weighted by molar-refractivity contribution is -0.0241. The molecule has 3 aromatic rings. The number of methoxy groups -OCH3 is 1. The molecule has 1 atom stereocenters. The second-order valence-electron chi connectivity index (χ2n) is 8.69. The van der Waals surface area contributed by atoms with Crippen LogP contribution in [0.1, 0.15) is 24.1 Å². The van der Waals surface area contributed by atoms with Crippen molar-refractivity contribution in [2.24, 2.45) is 0 Å². The van der Waals surface area contributed by atoms with Gasteiger partial charge < -0.3 is 24.1 Å². The summed E-state index contributed by atoms with van der Waals surface area (Å²) in [6.45, 7) is 3.04. The Bertz CT molecular complexity index is 1180. The Kier molecular flexibility index (Phi) is 5.65. The van der Waals surface area contributed by atoms with Gasteiger partial charge in [-0.25, -0.2) is 18.6 Å². The van der Waals surface area contributed by atoms with Gasteiger partial charge in [0.1, 0.15) is 17.3 Å². The molecule has 0 spiro atoms. The van der Waals surface area contributed by atoms with E-state index >= 15 is 8.78 Å². The predicted molar refractivity (Wildman–Crippen MR) is 119 cm³/mol. The molecule has 0 bridgehead atoms. The molecule has 33 heavy (non-hydrogen) atoms. The number of morpholine rings is 1. The normalized spacial score (nSPS) is 18.5. The van der Waals surface area contributed by atoms with E-state index in [2.05, 4.69) is 10.3 Å². The number of imidazole rings is 1. The van der Waals surface area contributed by atoms with Crippen molar-refractivity contribution in [3.8, 4) is 11.3 Å². The Morgan fingerprint density at radius 1 is 1.27 bits per heavy atom. The maximum absolute atomic E-state index is 15.2. The number of fused-ring (bicyclic) bond motifs is 1. The summed E-state index contributed by atoms with van der Waals surface area (Å²) >= 11 is 0. The number of hydrogen-bond donors (Lipinski definition) is 1. The molecule has 2 fully saturated rings. The number of halogens is 2. The Balaban J connectivity index is 1.54. The SMILES string of the molecule is COC(=O)N1CCO[C@@H](Cc2c(-c3c(F)cc(NC4CC4)cc3F)nc3cc(C)ccn23)C1. The molecule has 2 aromatic heterocycles. The van der Waals surface area contributed by atoms with Crippen molar-refractivity contribution in [3.63, 3.8) is 0 Å². The highest BCUT2D eigenvalue weighted by atomic mass is 19.1. The van der Waals surface area contributed by atoms with E-state index in [1.165, 1.54) is 19.2 Å². The summed E-state index contributed by atoms with van der Waals surface area (Å²) in [5, 5.41) is 3.14. The van der Waals surface area contributed by atoms with E-state index in [4.69, 9.17) is 9.47 Å². The van der Waals surface area contributed by atoms with Crippen molar-refractivity contribution in [2.75, 3.05) is 32.1 Å². The van der Waals surface area contributed by atoms with Crippen molar-refractivity contribution in [1.82, 2.24) is 14.3 Å². The fourth-order valence-corrected chi connectivity index (χ4v) is 4.29. The molecule has 5 rings (SSSR count). The first-order chi connectivity index (χ1) is 15.9. The maximum Gasteiger partial charge on any atom is 0.409 e. The van der Waals surface area contributed by atoms with Gasteiger partial charge in [-0.05, 0) is 49.6 Å². The minimum Gasteiger partial charge on any atom is -0.453 e. The van der Waals surface area contributed by atoms with Crippen LogP contribution >= 0.6 is 0 Å². The summed E-state index contributed by atoms with van der Waals surface area (Å²) in [4.78, 5) is 18.2. The van der Waals surface area contributed by atoms with E-state index < -0.39 is 17.7 Å². The van der Waals surface area contributed by atoms with Crippen molar-refractivity contribution >= 4 is 17.4 Å². The number of pyridine rings is 1. The minimum atomic E-state index is -0.666. The van der Waals surface area contributed by atoms with Gasteiger partial charge in [0.15, 0.2) is 0 Å². The average Bonchev–Trinajstić information content (AvgIpc) is 3.54. The molecule has 174 valence electrons. The monoisotopic (exact) mass is 456 g/mol. The number of carbonyl (C=O) groups is 1. The van der Waals surface area contributed by atoms with Crippen LogP contribution < -0.4 is 5.32 Å². The topological polar surface area (TPSA) is 68.1 Å². The summed E-state index contributed by atoms with van der Waals surface area (Å²) in [6.07, 6.45) is 3.40. The van der Waals surface area contributed by atoms with E-state index in [1.54, 1.807) is 4.90 Å². The van der Waals surface area contributed by atoms with Gasteiger partial charge in [-0.15, -0.1) is 0 Å². The Hall–Kier alpha value is -3.20. The van der Waals surface area contributed by atoms with E-state index in [0.717, 1.165) is 18.4 Å². The smallest absolute Gasteiger partial charge is 0.409 e. The van der Waals surface area contributed by atoms with Crippen LogP contribution in [-0.2, 0) is 15.9 Å². The first kappa shape index (κ1) is 21.6. The minimum absolute atomic E-state index is 0.159. The number of nitrogens with zero attached hydrogens (tertiary/aromatic N) is 3. The number of rotatable bonds is 5. The van der Waals surface area contributed by atoms with Gasteiger partial charge in [0.05, 0.1) is 43.3 Å². The van der Waals surface area contributed by atoms with E-state index in [-0.39, 0.29) is 23.4 Å². The van der Waals surface area contributed by atoms with Crippen LogP contribution in [0.15, 0.2) is 30.5 Å². The van der Waals surface area contributed by atoms with Crippen LogP contribution in [-0.4, -0.2) is 59.3 Å². The Morgan fingerprint density at radius 2 is 2.03 bits per heavy atom. The zero-order valence-corrected chi connectivity index (χ0v) is 18.6. The quantitative estimate of drug-likeness (QED) is 0.624. The lowest BCUT2D eigenvalue weighted by Gasteiger charge is -2.32. The van der Waals surface area contributed by atoms with Crippen molar-refractivity contribution < 1.29 is 23.0 Å². The molecule has 0 radical (unpaired) electrons. The Morgan fingerprint density at radius 3 is 2.73 bits per heavy atom. The molecule has 2 aliphatic rings. The van der Waals surface area contributed by atoms with Gasteiger partial charge in [-0.1, -0.05) is 0 Å². The number of benzene rings is 1. The summed E-state index contributed by atoms with van der Waals surface area (Å²) in [5.41, 5.74) is 2.73. The summed E-state index contributed by atoms with van der Waals surface area (Å²) in [6, 6.07) is 6.72. The zero-order valence-electron chi connectivity index (χ0n) is 18.6. The molecule has 1 saturated carbocycles. The molecule has 7 nitrogen and oxygen atoms in total. The van der Waals surface area contributed by atoms with Crippen molar-refractivity contribution in [2.45, 2.75) is 38.3 Å². The zero-order chi connectivity index (χ0) is 23.1. The molecule has 1 aliphatic heterocycles. The number of amides is 1. The van der Waals surface area contributed by atoms with E-state index in [0.29, 0.717) is 43.1 Å². The molecule has 0 unspecified atom stereocenters. The van der Waals surface area contributed by atoms with Crippen LogP contribution in [0.2, 0.25) is 0 Å². The number of ether oxygens (including phenoxy) is 2. The first-order valence-electron chi connectivity index (χ1n) is 11.1. The van der Waals surface area contributed by atoms with Crippen LogP contribution in [0, 0.1) is 18.6 Å². The molecular weight excluding hydrogens is 430 g/mol. The van der Waals surface area contributed by atoms with Gasteiger partial charge >= 0.3 is 6.09 Å². The second kappa shape index (κ2) is 8.62. The van der Waals surface area contributed by atoms with Crippen LogP contribution in [0.4, 0.5) is 19.3 Å². The molecule has 3 heterocycles. The molecule has 1 aliphatic carbocycles. The highest BCUT2D eigenvalue weighted by molar-refractivity contribution is 5.71. The van der Waals surface area contributed by atoms with Crippen LogP contribution in [0.5, 0.6) is 0 Å². The maximum atomic E-state index is 15.2. The van der Waals surface area contributed by atoms with Gasteiger partial charge in [0, 0.05) is 30.9 Å². The highest BCUT2D eigenvalue weighted by Gasteiger charge is 2.29. The lowest BCUT2D eigenvalue weighted by atomic mass is 10.0. The second-order valence-corrected chi connectivity index (χ2v) is 8.69. The highest BCUT2D eigenvalue weighted by Crippen LogP contribution is 2.34. The van der Waals surface area contributed by atoms with Crippen molar-refractivity contribution in [3.05, 3.63) is 53.4 Å². The number of hydrogen-bond acceptors (Lipinski definition) is 5. The van der Waals surface area contributed by atoms with Gasteiger partial charge in [0.25, 0.3) is 0 Å². The number of anilines is 1. The third kappa shape index (κ3) is 4.37. The van der Waals surface area contributed by atoms with E-state index in [1.807, 2.05) is 29.7 Å². The molecular formula is C24H26F2N4O3. The molecule has 1 amide bonds. The number of aromatic nitrogens is 2. The first-order valence-corrected chi connectivity index (χ1v) is 11.1. The standard InChI is InChI=1S/C24H26F2N4O3/c1-14-5-6-30-20(12-17-13-29(7-8-33-17)24(31)32-2)23(28-21(30)9-14)22-18(25)10-16(11-19(22)26)27-15-3-4-15/h5-6,9-11,15,17,27H,3-4,7-8,12-13H2,1-2H3/t17-/m0/s1. The van der Waals surface area contributed by atoms with E-state index in [9.17, 15) is 4.79 Å². The van der Waals surface area contributed by atoms with Crippen LogP contribution in [0.25, 0.3) is 16.9 Å². The summed E-state index contributed by atoms with van der Waals surface area (Å²) in [7, 11) is 1.34. The molecule has 1 saturated heterocycles.